The minimum absolute atomic E-state index is 0.103. The van der Waals surface area contributed by atoms with Gasteiger partial charge in [0.2, 0.25) is 0 Å². The SMILES string of the molecule is COCCOCCC1(CCOCCOC)c2cc(-c3ccc(N(C)C)c4nc(COC(C)=O)ccc34)ccc2-c2ccc(-c3ccc(N(C)C)c4nc(COC(C)=O)ccc34)cc21. The second-order valence-corrected chi connectivity index (χ2v) is 16.3. The number of rotatable bonds is 20. The van der Waals surface area contributed by atoms with Gasteiger partial charge in [0.25, 0.3) is 0 Å². The van der Waals surface area contributed by atoms with Crippen molar-refractivity contribution in [2.45, 2.75) is 45.3 Å². The first-order chi connectivity index (χ1) is 30.4. The van der Waals surface area contributed by atoms with Crippen LogP contribution in [0.4, 0.5) is 11.4 Å². The van der Waals surface area contributed by atoms with E-state index in [0.29, 0.717) is 63.9 Å². The van der Waals surface area contributed by atoms with Crippen molar-refractivity contribution in [3.63, 3.8) is 0 Å². The summed E-state index contributed by atoms with van der Waals surface area (Å²) in [6.45, 7) is 6.04. The van der Waals surface area contributed by atoms with Crippen LogP contribution in [0.5, 0.6) is 0 Å². The molecule has 0 bridgehead atoms. The number of pyridine rings is 2. The summed E-state index contributed by atoms with van der Waals surface area (Å²) in [7, 11) is 11.4. The van der Waals surface area contributed by atoms with Gasteiger partial charge in [-0.2, -0.15) is 0 Å². The number of hydrogen-bond acceptors (Lipinski definition) is 12. The molecule has 12 nitrogen and oxygen atoms in total. The first-order valence-corrected chi connectivity index (χ1v) is 21.4. The molecule has 0 unspecified atom stereocenters. The molecule has 0 N–H and O–H groups in total. The fourth-order valence-corrected chi connectivity index (χ4v) is 8.70. The van der Waals surface area contributed by atoms with Gasteiger partial charge in [-0.1, -0.05) is 48.5 Å². The van der Waals surface area contributed by atoms with Gasteiger partial charge in [-0.3, -0.25) is 9.59 Å². The molecule has 1 aliphatic carbocycles. The predicted molar refractivity (Wildman–Crippen MR) is 248 cm³/mol. The van der Waals surface area contributed by atoms with Crippen LogP contribution < -0.4 is 9.80 Å². The number of ether oxygens (including phenoxy) is 6. The third-order valence-corrected chi connectivity index (χ3v) is 11.8. The normalized spacial score (nSPS) is 12.6. The van der Waals surface area contributed by atoms with E-state index < -0.39 is 5.41 Å². The van der Waals surface area contributed by atoms with Crippen molar-refractivity contribution >= 4 is 45.1 Å². The van der Waals surface area contributed by atoms with Gasteiger partial charge in [-0.25, -0.2) is 9.97 Å². The monoisotopic (exact) mass is 854 g/mol. The maximum atomic E-state index is 11.7. The molecule has 0 aliphatic heterocycles. The van der Waals surface area contributed by atoms with Gasteiger partial charge in [0, 0.05) is 85.7 Å². The number of nitrogens with zero attached hydrogens (tertiary/aromatic N) is 4. The summed E-state index contributed by atoms with van der Waals surface area (Å²) in [5.41, 5.74) is 13.5. The fraction of sp³-hybridized carbons (Fsp3) is 0.373. The van der Waals surface area contributed by atoms with E-state index in [2.05, 4.69) is 82.6 Å². The zero-order valence-electron chi connectivity index (χ0n) is 37.7. The van der Waals surface area contributed by atoms with Gasteiger partial charge >= 0.3 is 11.9 Å². The largest absolute Gasteiger partial charge is 0.459 e. The highest BCUT2D eigenvalue weighted by Crippen LogP contribution is 2.55. The summed E-state index contributed by atoms with van der Waals surface area (Å²) in [6.07, 6.45) is 1.42. The van der Waals surface area contributed by atoms with Crippen molar-refractivity contribution in [1.29, 1.82) is 0 Å². The molecule has 0 fully saturated rings. The summed E-state index contributed by atoms with van der Waals surface area (Å²) in [6, 6.07) is 30.2. The lowest BCUT2D eigenvalue weighted by Gasteiger charge is -2.33. The Labute approximate surface area is 370 Å². The molecule has 0 amide bonds. The van der Waals surface area contributed by atoms with Gasteiger partial charge in [-0.15, -0.1) is 0 Å². The van der Waals surface area contributed by atoms with Crippen molar-refractivity contribution in [2.24, 2.45) is 0 Å². The van der Waals surface area contributed by atoms with Crippen LogP contribution in [0.1, 0.15) is 49.2 Å². The first kappa shape index (κ1) is 45.1. The average Bonchev–Trinajstić information content (AvgIpc) is 3.54. The van der Waals surface area contributed by atoms with E-state index >= 15 is 0 Å². The van der Waals surface area contributed by atoms with Crippen LogP contribution in [0, 0.1) is 0 Å². The van der Waals surface area contributed by atoms with Crippen molar-refractivity contribution in [1.82, 2.24) is 9.97 Å². The molecule has 0 spiro atoms. The molecule has 6 aromatic rings. The third-order valence-electron chi connectivity index (χ3n) is 11.8. The Morgan fingerprint density at radius 2 is 0.937 bits per heavy atom. The van der Waals surface area contributed by atoms with Crippen LogP contribution in [-0.2, 0) is 56.6 Å². The Morgan fingerprint density at radius 3 is 1.32 bits per heavy atom. The number of benzene rings is 4. The fourth-order valence-electron chi connectivity index (χ4n) is 8.70. The molecule has 0 radical (unpaired) electrons. The average molecular weight is 855 g/mol. The Kier molecular flexibility index (Phi) is 14.4. The number of aromatic nitrogens is 2. The van der Waals surface area contributed by atoms with Crippen molar-refractivity contribution in [3.8, 4) is 33.4 Å². The molecule has 330 valence electrons. The molecule has 63 heavy (non-hydrogen) atoms. The molecular weight excluding hydrogens is 797 g/mol. The minimum atomic E-state index is -0.486. The van der Waals surface area contributed by atoms with Gasteiger partial charge < -0.3 is 38.2 Å². The van der Waals surface area contributed by atoms with E-state index in [4.69, 9.17) is 38.4 Å². The quantitative estimate of drug-likeness (QED) is 0.0539. The molecule has 7 rings (SSSR count). The van der Waals surface area contributed by atoms with Crippen LogP contribution >= 0.6 is 0 Å². The highest BCUT2D eigenvalue weighted by Gasteiger charge is 2.43. The van der Waals surface area contributed by atoms with E-state index in [0.717, 1.165) is 55.4 Å². The standard InChI is InChI=1S/C51H58N4O8/c1-33(56)62-31-37-11-15-43-39(17-19-47(54(3)4)49(43)52-37)35-9-13-41-42-14-10-36(40-18-20-48(55(5)6)50-44(40)16-12-38(53-50)32-63-34(2)57)30-46(42)51(45(41)29-35,21-23-60-27-25-58-7)22-24-61-28-26-59-8/h9-20,29-30H,21-28,31-32H2,1-8H3. The minimum Gasteiger partial charge on any atom is -0.459 e. The van der Waals surface area contributed by atoms with Crippen LogP contribution in [0.3, 0.4) is 0 Å². The van der Waals surface area contributed by atoms with Gasteiger partial charge in [0.1, 0.15) is 13.2 Å². The lowest BCUT2D eigenvalue weighted by molar-refractivity contribution is -0.143. The van der Waals surface area contributed by atoms with Crippen LogP contribution in [0.2, 0.25) is 0 Å². The number of carbonyl (C=O) groups excluding carboxylic acids is 2. The topological polar surface area (TPSA) is 122 Å². The molecular formula is C51H58N4O8. The molecule has 2 aromatic heterocycles. The Morgan fingerprint density at radius 1 is 0.524 bits per heavy atom. The van der Waals surface area contributed by atoms with E-state index in [-0.39, 0.29) is 25.2 Å². The van der Waals surface area contributed by atoms with Crippen molar-refractivity contribution < 1.29 is 38.0 Å². The Hall–Kier alpha value is -5.92. The zero-order chi connectivity index (χ0) is 44.7. The predicted octanol–water partition coefficient (Wildman–Crippen LogP) is 8.75. The maximum absolute atomic E-state index is 11.7. The van der Waals surface area contributed by atoms with Crippen LogP contribution in [-0.4, -0.2) is 104 Å². The highest BCUT2D eigenvalue weighted by molar-refractivity contribution is 6.03. The smallest absolute Gasteiger partial charge is 0.303 e. The second kappa shape index (κ2) is 20.1. The Bertz CT molecular complexity index is 2430. The molecule has 0 atom stereocenters. The van der Waals surface area contributed by atoms with Crippen molar-refractivity contribution in [3.05, 3.63) is 107 Å². The summed E-state index contributed by atoms with van der Waals surface area (Å²) >= 11 is 0. The second-order valence-electron chi connectivity index (χ2n) is 16.3. The van der Waals surface area contributed by atoms with Gasteiger partial charge in [0.15, 0.2) is 0 Å². The molecule has 2 heterocycles. The molecule has 1 aliphatic rings. The molecule has 4 aromatic carbocycles. The number of hydrogen-bond donors (Lipinski definition) is 0. The summed E-state index contributed by atoms with van der Waals surface area (Å²) in [5.74, 6) is -0.693. The van der Waals surface area contributed by atoms with E-state index in [1.807, 2.05) is 40.3 Å². The first-order valence-electron chi connectivity index (χ1n) is 21.4. The number of anilines is 2. The number of methoxy groups -OCH3 is 2. The summed E-state index contributed by atoms with van der Waals surface area (Å²) < 4.78 is 33.9. The third kappa shape index (κ3) is 9.69. The van der Waals surface area contributed by atoms with Crippen LogP contribution in [0.25, 0.3) is 55.2 Å². The molecule has 12 heteroatoms. The van der Waals surface area contributed by atoms with Gasteiger partial charge in [-0.05, 0) is 93.7 Å². The number of fused-ring (bicyclic) bond motifs is 5. The lowest BCUT2D eigenvalue weighted by Crippen LogP contribution is -2.30. The Balaban J connectivity index is 1.39. The molecule has 0 saturated carbocycles. The zero-order valence-corrected chi connectivity index (χ0v) is 37.7. The van der Waals surface area contributed by atoms with Crippen molar-refractivity contribution in [2.75, 3.05) is 91.9 Å². The summed E-state index contributed by atoms with van der Waals surface area (Å²) in [4.78, 5) is 37.5. The number of esters is 2. The summed E-state index contributed by atoms with van der Waals surface area (Å²) in [5, 5.41) is 2.00. The lowest BCUT2D eigenvalue weighted by atomic mass is 9.72. The van der Waals surface area contributed by atoms with Gasteiger partial charge in [0.05, 0.1) is 60.2 Å². The van der Waals surface area contributed by atoms with E-state index in [9.17, 15) is 9.59 Å². The highest BCUT2D eigenvalue weighted by atomic mass is 16.5. The van der Waals surface area contributed by atoms with E-state index in [1.165, 1.54) is 36.1 Å². The molecule has 0 saturated heterocycles. The van der Waals surface area contributed by atoms with Crippen LogP contribution in [0.15, 0.2) is 84.9 Å². The maximum Gasteiger partial charge on any atom is 0.303 e. The number of carbonyl (C=O) groups is 2. The van der Waals surface area contributed by atoms with E-state index in [1.54, 1.807) is 14.2 Å².